The van der Waals surface area contributed by atoms with E-state index in [2.05, 4.69) is 42.2 Å². The molecule has 0 aliphatic carbocycles. The Morgan fingerprint density at radius 2 is 1.95 bits per heavy atom. The van der Waals surface area contributed by atoms with Gasteiger partial charge >= 0.3 is 6.43 Å². The van der Waals surface area contributed by atoms with Gasteiger partial charge in [-0.15, -0.1) is 10.2 Å². The molecule has 0 saturated carbocycles. The van der Waals surface area contributed by atoms with E-state index in [1.807, 2.05) is 7.05 Å². The highest BCUT2D eigenvalue weighted by Gasteiger charge is 2.26. The minimum Gasteiger partial charge on any atom is -0.415 e. The number of pyridine rings is 1. The van der Waals surface area contributed by atoms with Crippen molar-refractivity contribution in [3.63, 3.8) is 0 Å². The molecule has 204 valence electrons. The molecular weight excluding hydrogens is 513 g/mol. The van der Waals surface area contributed by atoms with Crippen molar-refractivity contribution in [3.05, 3.63) is 60.3 Å². The molecule has 3 aromatic heterocycles. The van der Waals surface area contributed by atoms with Gasteiger partial charge in [-0.3, -0.25) is 14.9 Å². The molecule has 0 atom stereocenters. The Balaban J connectivity index is 1.45. The number of aromatic nitrogens is 5. The Labute approximate surface area is 222 Å². The first kappa shape index (κ1) is 26.4. The second-order valence-electron chi connectivity index (χ2n) is 9.47. The predicted molar refractivity (Wildman–Crippen MR) is 138 cm³/mol. The first-order valence-electron chi connectivity index (χ1n) is 12.4. The fourth-order valence-electron chi connectivity index (χ4n) is 4.70. The van der Waals surface area contributed by atoms with Crippen molar-refractivity contribution in [2.45, 2.75) is 31.9 Å². The maximum absolute atomic E-state index is 15.4. The van der Waals surface area contributed by atoms with Crippen LogP contribution in [0.15, 0.2) is 47.3 Å². The lowest BCUT2D eigenvalue weighted by atomic mass is 10.0. The fourth-order valence-corrected chi connectivity index (χ4v) is 4.70. The second kappa shape index (κ2) is 11.2. The van der Waals surface area contributed by atoms with Crippen LogP contribution in [0, 0.1) is 5.82 Å². The van der Waals surface area contributed by atoms with E-state index in [0.717, 1.165) is 25.9 Å². The highest BCUT2D eigenvalue weighted by atomic mass is 19.3. The number of benzene rings is 1. The summed E-state index contributed by atoms with van der Waals surface area (Å²) in [7, 11) is 4.04. The number of hydrogen-bond acceptors (Lipinski definition) is 8. The lowest BCUT2D eigenvalue weighted by Crippen LogP contribution is -2.42. The van der Waals surface area contributed by atoms with Crippen LogP contribution in [0.4, 0.5) is 24.5 Å². The van der Waals surface area contributed by atoms with Crippen LogP contribution in [0.5, 0.6) is 0 Å². The Hall–Kier alpha value is -4.26. The van der Waals surface area contributed by atoms with Crippen LogP contribution in [-0.2, 0) is 11.3 Å². The van der Waals surface area contributed by atoms with E-state index >= 15 is 4.39 Å². The van der Waals surface area contributed by atoms with Gasteiger partial charge in [0.1, 0.15) is 5.82 Å². The zero-order valence-electron chi connectivity index (χ0n) is 21.4. The number of nitrogens with one attached hydrogen (secondary N) is 1. The molecule has 0 bridgehead atoms. The number of rotatable bonds is 9. The largest absolute Gasteiger partial charge is 0.415 e. The van der Waals surface area contributed by atoms with Crippen LogP contribution >= 0.6 is 0 Å². The summed E-state index contributed by atoms with van der Waals surface area (Å²) < 4.78 is 45.9. The summed E-state index contributed by atoms with van der Waals surface area (Å²) in [4.78, 5) is 22.4. The smallest absolute Gasteiger partial charge is 0.314 e. The zero-order chi connectivity index (χ0) is 27.5. The van der Waals surface area contributed by atoms with Crippen LogP contribution in [0.2, 0.25) is 0 Å². The molecule has 0 radical (unpaired) electrons. The summed E-state index contributed by atoms with van der Waals surface area (Å²) in [5, 5.41) is 13.6. The highest BCUT2D eigenvalue weighted by molar-refractivity contribution is 5.87. The van der Waals surface area contributed by atoms with Gasteiger partial charge < -0.3 is 19.1 Å². The number of aromatic amines is 1. The van der Waals surface area contributed by atoms with Crippen molar-refractivity contribution in [3.8, 4) is 22.6 Å². The zero-order valence-corrected chi connectivity index (χ0v) is 21.4. The van der Waals surface area contributed by atoms with Gasteiger partial charge in [-0.25, -0.2) is 4.39 Å². The molecular formula is C26H27F3N8O2. The number of carbonyl (C=O) groups is 1. The van der Waals surface area contributed by atoms with Gasteiger partial charge in [-0.2, -0.15) is 13.9 Å². The molecule has 1 aliphatic rings. The number of halogens is 3. The van der Waals surface area contributed by atoms with Gasteiger partial charge in [0.25, 0.3) is 5.89 Å². The average molecular weight is 541 g/mol. The number of nitrogens with zero attached hydrogens (tertiary/aromatic N) is 7. The van der Waals surface area contributed by atoms with Gasteiger partial charge in [0, 0.05) is 42.7 Å². The van der Waals surface area contributed by atoms with Crippen LogP contribution in [0.3, 0.4) is 0 Å². The minimum atomic E-state index is -2.87. The van der Waals surface area contributed by atoms with Crippen LogP contribution < -0.4 is 9.80 Å². The Morgan fingerprint density at radius 3 is 2.56 bits per heavy atom. The molecule has 4 heterocycles. The van der Waals surface area contributed by atoms with Crippen LogP contribution in [0.1, 0.15) is 30.9 Å². The maximum atomic E-state index is 15.4. The van der Waals surface area contributed by atoms with Crippen molar-refractivity contribution in [1.29, 1.82) is 0 Å². The second-order valence-corrected chi connectivity index (χ2v) is 9.47. The van der Waals surface area contributed by atoms with E-state index in [-0.39, 0.29) is 18.5 Å². The van der Waals surface area contributed by atoms with Gasteiger partial charge in [-0.1, -0.05) is 0 Å². The third-order valence-corrected chi connectivity index (χ3v) is 6.96. The molecule has 1 N–H and O–H groups in total. The molecule has 13 heteroatoms. The van der Waals surface area contributed by atoms with E-state index in [0.29, 0.717) is 40.2 Å². The number of alkyl halides is 2. The molecule has 39 heavy (non-hydrogen) atoms. The number of H-pyrrole nitrogens is 1. The fraction of sp³-hybridized carbons (Fsp3) is 0.346. The Bertz CT molecular complexity index is 1400. The first-order chi connectivity index (χ1) is 18.8. The van der Waals surface area contributed by atoms with E-state index in [4.69, 9.17) is 4.42 Å². The lowest BCUT2D eigenvalue weighted by molar-refractivity contribution is -0.107. The number of piperidine rings is 1. The highest BCUT2D eigenvalue weighted by Crippen LogP contribution is 2.38. The molecule has 1 amide bonds. The minimum absolute atomic E-state index is 0.0502. The first-order valence-corrected chi connectivity index (χ1v) is 12.4. The summed E-state index contributed by atoms with van der Waals surface area (Å²) in [6.07, 6.45) is 4.19. The number of hydrogen-bond donors (Lipinski definition) is 1. The Kier molecular flexibility index (Phi) is 7.59. The summed E-state index contributed by atoms with van der Waals surface area (Å²) in [5.41, 5.74) is 2.93. The molecule has 0 unspecified atom stereocenters. The molecule has 0 spiro atoms. The van der Waals surface area contributed by atoms with E-state index in [1.165, 1.54) is 17.2 Å². The monoisotopic (exact) mass is 540 g/mol. The van der Waals surface area contributed by atoms with Crippen molar-refractivity contribution in [1.82, 2.24) is 30.3 Å². The summed E-state index contributed by atoms with van der Waals surface area (Å²) >= 11 is 0. The third-order valence-electron chi connectivity index (χ3n) is 6.96. The molecule has 1 saturated heterocycles. The van der Waals surface area contributed by atoms with Crippen molar-refractivity contribution >= 4 is 17.8 Å². The lowest BCUT2D eigenvalue weighted by Gasteiger charge is -2.38. The molecule has 10 nitrogen and oxygen atoms in total. The van der Waals surface area contributed by atoms with E-state index in [1.54, 1.807) is 30.6 Å². The number of anilines is 2. The summed E-state index contributed by atoms with van der Waals surface area (Å²) in [6.45, 7) is 1.92. The van der Waals surface area contributed by atoms with E-state index in [9.17, 15) is 13.6 Å². The summed E-state index contributed by atoms with van der Waals surface area (Å²) in [6, 6.07) is 6.52. The summed E-state index contributed by atoms with van der Waals surface area (Å²) in [5.74, 6) is -1.35. The molecule has 1 fully saturated rings. The Morgan fingerprint density at radius 1 is 1.15 bits per heavy atom. The standard InChI is InChI=1S/C26H27F3N8O2/c1-35-7-5-19(6-8-35)36(2)22-9-20(17-12-31-32-13-17)21(27)10-23(22)37(15-38)14-18-4-3-16(11-30-18)25-33-34-26(39-25)24(28)29/h3-4,9-13,15,19,24H,5-8,14H2,1-2H3,(H,31,32). The SMILES string of the molecule is CN1CCC(N(C)c2cc(-c3cn[nH]c3)c(F)cc2N(C=O)Cc2ccc(-c3nnc(C(F)F)o3)cn2)CC1. The van der Waals surface area contributed by atoms with E-state index < -0.39 is 18.1 Å². The third kappa shape index (κ3) is 5.62. The van der Waals surface area contributed by atoms with Crippen molar-refractivity contribution in [2.75, 3.05) is 37.0 Å². The van der Waals surface area contributed by atoms with Gasteiger partial charge in [0.05, 0.1) is 35.4 Å². The van der Waals surface area contributed by atoms with Gasteiger partial charge in [0.15, 0.2) is 0 Å². The quantitative estimate of drug-likeness (QED) is 0.314. The van der Waals surface area contributed by atoms with Gasteiger partial charge in [-0.05, 0) is 51.2 Å². The predicted octanol–water partition coefficient (Wildman–Crippen LogP) is 4.29. The number of amides is 1. The van der Waals surface area contributed by atoms with Crippen LogP contribution in [0.25, 0.3) is 22.6 Å². The average Bonchev–Trinajstić information content (AvgIpc) is 3.65. The molecule has 4 aromatic rings. The van der Waals surface area contributed by atoms with Gasteiger partial charge in [0.2, 0.25) is 12.3 Å². The van der Waals surface area contributed by atoms with Crippen LogP contribution in [-0.4, -0.2) is 69.9 Å². The van der Waals surface area contributed by atoms with Crippen molar-refractivity contribution < 1.29 is 22.4 Å². The number of likely N-dealkylation sites (tertiary alicyclic amines) is 1. The molecule has 5 rings (SSSR count). The number of carbonyl (C=O) groups excluding carboxylic acids is 1. The topological polar surface area (TPSA) is 107 Å². The normalized spacial score (nSPS) is 14.6. The molecule has 1 aliphatic heterocycles. The maximum Gasteiger partial charge on any atom is 0.314 e. The molecule has 1 aromatic carbocycles. The van der Waals surface area contributed by atoms with Crippen molar-refractivity contribution in [2.24, 2.45) is 0 Å².